The highest BCUT2D eigenvalue weighted by atomic mass is 32.1. The highest BCUT2D eigenvalue weighted by molar-refractivity contribution is 7.80. The van der Waals surface area contributed by atoms with Crippen molar-refractivity contribution in [2.24, 2.45) is 11.8 Å². The van der Waals surface area contributed by atoms with Crippen LogP contribution in [0.25, 0.3) is 0 Å². The maximum absolute atomic E-state index is 11.8. The normalized spacial score (nSPS) is 23.2. The van der Waals surface area contributed by atoms with Gasteiger partial charge in [-0.05, 0) is 61.2 Å². The molecule has 1 saturated carbocycles. The molecular weight excluding hydrogens is 338 g/mol. The molecule has 0 unspecified atom stereocenters. The monoisotopic (exact) mass is 361 g/mol. The third-order valence-electron chi connectivity index (χ3n) is 4.57. The molecule has 2 aliphatic carbocycles. The number of carbonyl (C=O) groups is 1. The Kier molecular flexibility index (Phi) is 5.75. The van der Waals surface area contributed by atoms with Crippen LogP contribution in [0.4, 0.5) is 0 Å². The lowest BCUT2D eigenvalue weighted by atomic mass is 10.0. The van der Waals surface area contributed by atoms with Gasteiger partial charge in [0.1, 0.15) is 11.5 Å². The third kappa shape index (κ3) is 4.85. The molecule has 3 N–H and O–H groups in total. The number of rotatable bonds is 6. The smallest absolute Gasteiger partial charge is 0.241 e. The van der Waals surface area contributed by atoms with E-state index in [-0.39, 0.29) is 18.9 Å². The fraction of sp³-hybridized carbons (Fsp3) is 0.444. The molecule has 2 aliphatic rings. The fourth-order valence-electron chi connectivity index (χ4n) is 3.27. The van der Waals surface area contributed by atoms with Crippen molar-refractivity contribution in [2.75, 3.05) is 13.7 Å². The number of benzene rings is 1. The van der Waals surface area contributed by atoms with E-state index in [1.807, 2.05) is 12.1 Å². The number of amides is 1. The summed E-state index contributed by atoms with van der Waals surface area (Å²) in [6.45, 7) is 0.289. The number of hydrogen-bond acceptors (Lipinski definition) is 4. The Morgan fingerprint density at radius 1 is 1.16 bits per heavy atom. The highest BCUT2D eigenvalue weighted by Crippen LogP contribution is 2.38. The predicted molar refractivity (Wildman–Crippen MR) is 99.3 cm³/mol. The maximum Gasteiger partial charge on any atom is 0.241 e. The molecule has 7 heteroatoms. The summed E-state index contributed by atoms with van der Waals surface area (Å²) in [6, 6.07) is 7.60. The molecule has 1 amide bonds. The van der Waals surface area contributed by atoms with Crippen LogP contribution in [0.5, 0.6) is 11.5 Å². The van der Waals surface area contributed by atoms with Crippen molar-refractivity contribution in [2.45, 2.75) is 25.3 Å². The number of thiocarbonyl (C=S) groups is 1. The minimum Gasteiger partial charge on any atom is -0.497 e. The molecule has 3 atom stereocenters. The van der Waals surface area contributed by atoms with Crippen LogP contribution in [0.2, 0.25) is 0 Å². The lowest BCUT2D eigenvalue weighted by molar-refractivity contribution is -0.122. The highest BCUT2D eigenvalue weighted by Gasteiger charge is 2.35. The largest absolute Gasteiger partial charge is 0.497 e. The molecule has 3 rings (SSSR count). The molecule has 0 saturated heterocycles. The zero-order chi connectivity index (χ0) is 17.6. The third-order valence-corrected chi connectivity index (χ3v) is 4.79. The maximum atomic E-state index is 11.8. The van der Waals surface area contributed by atoms with Crippen molar-refractivity contribution < 1.29 is 14.3 Å². The van der Waals surface area contributed by atoms with Crippen LogP contribution < -0.4 is 25.6 Å². The van der Waals surface area contributed by atoms with E-state index in [2.05, 4.69) is 28.3 Å². The van der Waals surface area contributed by atoms with Gasteiger partial charge in [0.25, 0.3) is 0 Å². The van der Waals surface area contributed by atoms with Crippen LogP contribution >= 0.6 is 12.2 Å². The van der Waals surface area contributed by atoms with Gasteiger partial charge in [-0.15, -0.1) is 0 Å². The second-order valence-electron chi connectivity index (χ2n) is 6.31. The molecule has 134 valence electrons. The minimum absolute atomic E-state index is 0.175. The Morgan fingerprint density at radius 2 is 1.92 bits per heavy atom. The summed E-state index contributed by atoms with van der Waals surface area (Å²) >= 11 is 5.23. The van der Waals surface area contributed by atoms with E-state index in [4.69, 9.17) is 21.7 Å². The van der Waals surface area contributed by atoms with Gasteiger partial charge in [-0.1, -0.05) is 12.2 Å². The van der Waals surface area contributed by atoms with E-state index in [1.165, 1.54) is 6.42 Å². The topological polar surface area (TPSA) is 71.6 Å². The van der Waals surface area contributed by atoms with Crippen LogP contribution in [-0.4, -0.2) is 30.8 Å². The zero-order valence-corrected chi connectivity index (χ0v) is 15.0. The average molecular weight is 361 g/mol. The number of allylic oxidation sites excluding steroid dienone is 1. The van der Waals surface area contributed by atoms with E-state index in [0.29, 0.717) is 28.7 Å². The quantitative estimate of drug-likeness (QED) is 0.409. The Hall–Kier alpha value is -2.28. The molecule has 25 heavy (non-hydrogen) atoms. The number of hydrazine groups is 1. The van der Waals surface area contributed by atoms with Gasteiger partial charge in [-0.25, -0.2) is 0 Å². The predicted octanol–water partition coefficient (Wildman–Crippen LogP) is 1.92. The van der Waals surface area contributed by atoms with Crippen LogP contribution in [0, 0.1) is 11.8 Å². The molecule has 2 bridgehead atoms. The van der Waals surface area contributed by atoms with Crippen LogP contribution in [0.15, 0.2) is 36.4 Å². The first-order valence-electron chi connectivity index (χ1n) is 8.44. The Bertz CT molecular complexity index is 647. The van der Waals surface area contributed by atoms with Gasteiger partial charge in [-0.3, -0.25) is 15.6 Å². The van der Waals surface area contributed by atoms with E-state index in [1.54, 1.807) is 19.2 Å². The van der Waals surface area contributed by atoms with Crippen molar-refractivity contribution >= 4 is 23.2 Å². The van der Waals surface area contributed by atoms with Gasteiger partial charge in [0.2, 0.25) is 5.91 Å². The first kappa shape index (κ1) is 17.5. The fourth-order valence-corrected chi connectivity index (χ4v) is 3.48. The molecule has 1 aromatic rings. The van der Waals surface area contributed by atoms with E-state index >= 15 is 0 Å². The molecule has 0 aliphatic heterocycles. The number of carbonyl (C=O) groups excluding carboxylic acids is 1. The lowest BCUT2D eigenvalue weighted by Crippen LogP contribution is -2.50. The molecule has 6 nitrogen and oxygen atoms in total. The number of hydrogen-bond donors (Lipinski definition) is 3. The van der Waals surface area contributed by atoms with Gasteiger partial charge in [0.15, 0.2) is 5.11 Å². The van der Waals surface area contributed by atoms with Gasteiger partial charge in [0.05, 0.1) is 20.1 Å². The Labute approximate surface area is 152 Å². The summed E-state index contributed by atoms with van der Waals surface area (Å²) in [6.07, 6.45) is 7.08. The number of fused-ring (bicyclic) bond motifs is 2. The molecule has 1 aromatic carbocycles. The van der Waals surface area contributed by atoms with Crippen molar-refractivity contribution in [1.29, 1.82) is 0 Å². The van der Waals surface area contributed by atoms with Crippen molar-refractivity contribution in [3.63, 3.8) is 0 Å². The Balaban J connectivity index is 1.29. The van der Waals surface area contributed by atoms with E-state index < -0.39 is 0 Å². The van der Waals surface area contributed by atoms with Crippen LogP contribution in [0.3, 0.4) is 0 Å². The molecule has 1 fully saturated rings. The van der Waals surface area contributed by atoms with Crippen molar-refractivity contribution in [3.8, 4) is 11.5 Å². The summed E-state index contributed by atoms with van der Waals surface area (Å²) in [7, 11) is 1.61. The summed E-state index contributed by atoms with van der Waals surface area (Å²) in [5, 5.41) is 3.72. The van der Waals surface area contributed by atoms with Gasteiger partial charge in [0, 0.05) is 6.04 Å². The first-order chi connectivity index (χ1) is 12.1. The second-order valence-corrected chi connectivity index (χ2v) is 6.72. The number of nitrogens with one attached hydrogen (secondary N) is 3. The molecule has 0 radical (unpaired) electrons. The van der Waals surface area contributed by atoms with Gasteiger partial charge >= 0.3 is 0 Å². The zero-order valence-electron chi connectivity index (χ0n) is 14.2. The van der Waals surface area contributed by atoms with Gasteiger partial charge in [-0.2, -0.15) is 0 Å². The average Bonchev–Trinajstić information content (AvgIpc) is 3.23. The lowest BCUT2D eigenvalue weighted by Gasteiger charge is -2.22. The van der Waals surface area contributed by atoms with E-state index in [9.17, 15) is 4.79 Å². The first-order valence-corrected chi connectivity index (χ1v) is 8.85. The summed E-state index contributed by atoms with van der Waals surface area (Å²) in [5.74, 6) is 2.52. The number of methoxy groups -OCH3 is 1. The SMILES string of the molecule is COc1ccc(OCCC(=O)NNC(=S)N[C@H]2C[C@@H]3C=C[C@H]2C3)cc1. The molecular formula is C18H23N3O3S. The number of ether oxygens (including phenoxy) is 2. The van der Waals surface area contributed by atoms with Crippen molar-refractivity contribution in [1.82, 2.24) is 16.2 Å². The minimum atomic E-state index is -0.175. The van der Waals surface area contributed by atoms with E-state index in [0.717, 1.165) is 12.2 Å². The molecule has 0 aromatic heterocycles. The van der Waals surface area contributed by atoms with Gasteiger partial charge < -0.3 is 14.8 Å². The second kappa shape index (κ2) is 8.20. The van der Waals surface area contributed by atoms with Crippen molar-refractivity contribution in [3.05, 3.63) is 36.4 Å². The van der Waals surface area contributed by atoms with Crippen LogP contribution in [-0.2, 0) is 4.79 Å². The summed E-state index contributed by atoms with van der Waals surface area (Å²) in [4.78, 5) is 11.8. The molecule has 0 heterocycles. The molecule has 0 spiro atoms. The Morgan fingerprint density at radius 3 is 2.56 bits per heavy atom. The summed E-state index contributed by atoms with van der Waals surface area (Å²) in [5.41, 5.74) is 5.35. The standard InChI is InChI=1S/C18H23N3O3S/c1-23-14-4-6-15(7-5-14)24-9-8-17(22)20-21-18(25)19-16-11-12-2-3-13(16)10-12/h2-7,12-13,16H,8-11H2,1H3,(H,20,22)(H2,19,21,25)/t12-,13+,16+/m1/s1. The summed E-state index contributed by atoms with van der Waals surface area (Å²) < 4.78 is 10.6. The van der Waals surface area contributed by atoms with Crippen LogP contribution in [0.1, 0.15) is 19.3 Å².